The number of nitro groups is 1. The van der Waals surface area contributed by atoms with Crippen LogP contribution in [0.15, 0.2) is 18.2 Å². The maximum absolute atomic E-state index is 12.4. The SMILES string of the molecule is CCCC(C)NC(=O)C1CCCN(c2ccc([N+](=O)[O-])cc2Cl)C1. The van der Waals surface area contributed by atoms with Crippen LogP contribution in [0.2, 0.25) is 5.02 Å². The van der Waals surface area contributed by atoms with Crippen molar-refractivity contribution >= 4 is 28.9 Å². The maximum Gasteiger partial charge on any atom is 0.271 e. The molecule has 0 saturated carbocycles. The smallest absolute Gasteiger partial charge is 0.271 e. The van der Waals surface area contributed by atoms with Gasteiger partial charge in [0.15, 0.2) is 0 Å². The van der Waals surface area contributed by atoms with Crippen molar-refractivity contribution in [1.82, 2.24) is 5.32 Å². The predicted octanol–water partition coefficient (Wildman–Crippen LogP) is 3.77. The van der Waals surface area contributed by atoms with Crippen molar-refractivity contribution in [1.29, 1.82) is 0 Å². The molecule has 1 aromatic carbocycles. The summed E-state index contributed by atoms with van der Waals surface area (Å²) in [5.74, 6) is 0.00278. The molecule has 1 amide bonds. The molecule has 1 N–H and O–H groups in total. The third kappa shape index (κ3) is 4.60. The van der Waals surface area contributed by atoms with Crippen molar-refractivity contribution in [3.05, 3.63) is 33.3 Å². The number of halogens is 1. The van der Waals surface area contributed by atoms with E-state index in [0.717, 1.165) is 37.9 Å². The standard InChI is InChI=1S/C17H24ClN3O3/c1-3-5-12(2)19-17(22)13-6-4-9-20(11-13)16-8-7-14(21(23)24)10-15(16)18/h7-8,10,12-13H,3-6,9,11H2,1-2H3,(H,19,22). The first-order valence-corrected chi connectivity index (χ1v) is 8.79. The van der Waals surface area contributed by atoms with Gasteiger partial charge in [0, 0.05) is 31.3 Å². The Kier molecular flexibility index (Phi) is 6.43. The highest BCUT2D eigenvalue weighted by Crippen LogP contribution is 2.32. The van der Waals surface area contributed by atoms with Gasteiger partial charge >= 0.3 is 0 Å². The number of piperidine rings is 1. The van der Waals surface area contributed by atoms with Crippen LogP contribution in [-0.4, -0.2) is 30.0 Å². The zero-order valence-corrected chi connectivity index (χ0v) is 14.9. The fraction of sp³-hybridized carbons (Fsp3) is 0.588. The van der Waals surface area contributed by atoms with Crippen LogP contribution in [0.3, 0.4) is 0 Å². The van der Waals surface area contributed by atoms with E-state index in [1.807, 2.05) is 11.8 Å². The van der Waals surface area contributed by atoms with Gasteiger partial charge in [0.2, 0.25) is 5.91 Å². The Morgan fingerprint density at radius 1 is 1.54 bits per heavy atom. The van der Waals surface area contributed by atoms with E-state index in [9.17, 15) is 14.9 Å². The third-order valence-corrected chi connectivity index (χ3v) is 4.69. The van der Waals surface area contributed by atoms with Crippen molar-refractivity contribution in [2.45, 2.75) is 45.6 Å². The van der Waals surface area contributed by atoms with Crippen LogP contribution in [0.25, 0.3) is 0 Å². The van der Waals surface area contributed by atoms with E-state index in [0.29, 0.717) is 11.6 Å². The zero-order chi connectivity index (χ0) is 17.7. The molecular formula is C17H24ClN3O3. The Labute approximate surface area is 147 Å². The lowest BCUT2D eigenvalue weighted by molar-refractivity contribution is -0.384. The van der Waals surface area contributed by atoms with Gasteiger partial charge in [-0.1, -0.05) is 24.9 Å². The molecule has 6 nitrogen and oxygen atoms in total. The lowest BCUT2D eigenvalue weighted by Gasteiger charge is -2.34. The minimum Gasteiger partial charge on any atom is -0.370 e. The Morgan fingerprint density at radius 3 is 2.92 bits per heavy atom. The Morgan fingerprint density at radius 2 is 2.29 bits per heavy atom. The van der Waals surface area contributed by atoms with E-state index in [4.69, 9.17) is 11.6 Å². The molecule has 1 heterocycles. The summed E-state index contributed by atoms with van der Waals surface area (Å²) >= 11 is 6.21. The van der Waals surface area contributed by atoms with E-state index in [2.05, 4.69) is 12.2 Å². The second kappa shape index (κ2) is 8.33. The number of hydrogen-bond donors (Lipinski definition) is 1. The summed E-state index contributed by atoms with van der Waals surface area (Å²) in [6.45, 7) is 5.50. The first-order valence-electron chi connectivity index (χ1n) is 8.41. The third-order valence-electron chi connectivity index (χ3n) is 4.39. The lowest BCUT2D eigenvalue weighted by Crippen LogP contribution is -2.45. The minimum absolute atomic E-state index is 0.0246. The Hall–Kier alpha value is -1.82. The number of amides is 1. The summed E-state index contributed by atoms with van der Waals surface area (Å²) in [5, 5.41) is 14.2. The van der Waals surface area contributed by atoms with Gasteiger partial charge in [-0.25, -0.2) is 0 Å². The molecule has 1 fully saturated rings. The molecule has 0 radical (unpaired) electrons. The average Bonchev–Trinajstić information content (AvgIpc) is 2.55. The average molecular weight is 354 g/mol. The van der Waals surface area contributed by atoms with Gasteiger partial charge in [-0.3, -0.25) is 14.9 Å². The van der Waals surface area contributed by atoms with Crippen LogP contribution in [0.5, 0.6) is 0 Å². The summed E-state index contributed by atoms with van der Waals surface area (Å²) in [7, 11) is 0. The number of carbonyl (C=O) groups is 1. The molecule has 7 heteroatoms. The molecule has 0 bridgehead atoms. The molecule has 0 aromatic heterocycles. The zero-order valence-electron chi connectivity index (χ0n) is 14.1. The van der Waals surface area contributed by atoms with Crippen molar-refractivity contribution in [3.8, 4) is 0 Å². The molecule has 24 heavy (non-hydrogen) atoms. The second-order valence-corrected chi connectivity index (χ2v) is 6.78. The van der Waals surface area contributed by atoms with Gasteiger partial charge in [-0.05, 0) is 32.3 Å². The molecule has 132 valence electrons. The fourth-order valence-corrected chi connectivity index (χ4v) is 3.44. The summed E-state index contributed by atoms with van der Waals surface area (Å²) in [6.07, 6.45) is 3.76. The molecule has 0 spiro atoms. The molecular weight excluding hydrogens is 330 g/mol. The van der Waals surface area contributed by atoms with Crippen LogP contribution in [0.4, 0.5) is 11.4 Å². The summed E-state index contributed by atoms with van der Waals surface area (Å²) in [4.78, 5) is 24.8. The Bertz CT molecular complexity index is 609. The number of benzene rings is 1. The van der Waals surface area contributed by atoms with Crippen molar-refractivity contribution in [2.75, 3.05) is 18.0 Å². The normalized spacial score (nSPS) is 19.0. The molecule has 2 unspecified atom stereocenters. The summed E-state index contributed by atoms with van der Waals surface area (Å²) in [5.41, 5.74) is 0.727. The van der Waals surface area contributed by atoms with Crippen LogP contribution in [0.1, 0.15) is 39.5 Å². The number of nitrogens with one attached hydrogen (secondary N) is 1. The van der Waals surface area contributed by atoms with Crippen LogP contribution >= 0.6 is 11.6 Å². The Balaban J connectivity index is 2.05. The number of rotatable bonds is 6. The van der Waals surface area contributed by atoms with Crippen molar-refractivity contribution in [2.24, 2.45) is 5.92 Å². The molecule has 1 aliphatic heterocycles. The molecule has 2 atom stereocenters. The highest BCUT2D eigenvalue weighted by Gasteiger charge is 2.27. The molecule has 0 aliphatic carbocycles. The second-order valence-electron chi connectivity index (χ2n) is 6.38. The van der Waals surface area contributed by atoms with E-state index in [1.54, 1.807) is 6.07 Å². The van der Waals surface area contributed by atoms with E-state index in [1.165, 1.54) is 12.1 Å². The van der Waals surface area contributed by atoms with Gasteiger partial charge in [-0.2, -0.15) is 0 Å². The number of non-ortho nitro benzene ring substituents is 1. The number of anilines is 1. The van der Waals surface area contributed by atoms with Crippen molar-refractivity contribution in [3.63, 3.8) is 0 Å². The highest BCUT2D eigenvalue weighted by atomic mass is 35.5. The van der Waals surface area contributed by atoms with Gasteiger partial charge in [0.05, 0.1) is 21.6 Å². The number of carbonyl (C=O) groups excluding carboxylic acids is 1. The van der Waals surface area contributed by atoms with Crippen molar-refractivity contribution < 1.29 is 9.72 Å². The monoisotopic (exact) mass is 353 g/mol. The van der Waals surface area contributed by atoms with Gasteiger partial charge in [0.25, 0.3) is 5.69 Å². The molecule has 1 aliphatic rings. The van der Waals surface area contributed by atoms with Gasteiger partial charge in [-0.15, -0.1) is 0 Å². The van der Waals surface area contributed by atoms with E-state index < -0.39 is 4.92 Å². The predicted molar refractivity (Wildman–Crippen MR) is 95.6 cm³/mol. The first-order chi connectivity index (χ1) is 11.4. The molecule has 2 rings (SSSR count). The molecule has 1 saturated heterocycles. The van der Waals surface area contributed by atoms with Gasteiger partial charge < -0.3 is 10.2 Å². The minimum atomic E-state index is -0.461. The van der Waals surface area contributed by atoms with Crippen LogP contribution in [-0.2, 0) is 4.79 Å². The number of hydrogen-bond acceptors (Lipinski definition) is 4. The fourth-order valence-electron chi connectivity index (χ4n) is 3.14. The topological polar surface area (TPSA) is 75.5 Å². The maximum atomic E-state index is 12.4. The van der Waals surface area contributed by atoms with Crippen LogP contribution in [0, 0.1) is 16.0 Å². The van der Waals surface area contributed by atoms with E-state index in [-0.39, 0.29) is 23.6 Å². The van der Waals surface area contributed by atoms with Gasteiger partial charge in [0.1, 0.15) is 0 Å². The largest absolute Gasteiger partial charge is 0.370 e. The highest BCUT2D eigenvalue weighted by molar-refractivity contribution is 6.33. The molecule has 1 aromatic rings. The quantitative estimate of drug-likeness (QED) is 0.624. The summed E-state index contributed by atoms with van der Waals surface area (Å²) in [6, 6.07) is 4.67. The number of nitro benzene ring substituents is 1. The van der Waals surface area contributed by atoms with Crippen LogP contribution < -0.4 is 10.2 Å². The first kappa shape index (κ1) is 18.5. The number of nitrogens with zero attached hydrogens (tertiary/aromatic N) is 2. The van der Waals surface area contributed by atoms with E-state index >= 15 is 0 Å². The summed E-state index contributed by atoms with van der Waals surface area (Å²) < 4.78 is 0. The lowest BCUT2D eigenvalue weighted by atomic mass is 9.96.